The van der Waals surface area contributed by atoms with Crippen LogP contribution in [0, 0.1) is 11.6 Å². The highest BCUT2D eigenvalue weighted by molar-refractivity contribution is 5.67. The van der Waals surface area contributed by atoms with E-state index in [-0.39, 0.29) is 12.0 Å². The topological polar surface area (TPSA) is 66.6 Å². The van der Waals surface area contributed by atoms with Crippen LogP contribution < -0.4 is 5.73 Å². The molecule has 0 amide bonds. The van der Waals surface area contributed by atoms with Crippen LogP contribution in [0.15, 0.2) is 18.2 Å². The summed E-state index contributed by atoms with van der Waals surface area (Å²) in [5, 5.41) is 8.72. The molecule has 1 rings (SSSR count). The van der Waals surface area contributed by atoms with Gasteiger partial charge in [-0.2, -0.15) is 0 Å². The number of nitrogens with two attached hydrogens (primary N) is 1. The monoisotopic (exact) mass is 258 g/mol. The zero-order valence-electron chi connectivity index (χ0n) is 10.2. The second kappa shape index (κ2) is 5.88. The lowest BCUT2D eigenvalue weighted by molar-refractivity contribution is -0.137. The number of carbonyl (C=O) groups is 1. The number of carboxylic acid groups (broad SMARTS) is 1. The minimum Gasteiger partial charge on any atom is -0.481 e. The lowest BCUT2D eigenvalue weighted by Crippen LogP contribution is -2.39. The van der Waals surface area contributed by atoms with Crippen LogP contribution >= 0.6 is 0 Å². The molecule has 0 spiro atoms. The summed E-state index contributed by atoms with van der Waals surface area (Å²) in [7, 11) is 3.27. The predicted molar refractivity (Wildman–Crippen MR) is 63.0 cm³/mol. The molecule has 0 radical (unpaired) electrons. The smallest absolute Gasteiger partial charge is 0.304 e. The van der Waals surface area contributed by atoms with E-state index in [1.807, 2.05) is 0 Å². The van der Waals surface area contributed by atoms with E-state index in [9.17, 15) is 13.6 Å². The Morgan fingerprint density at radius 3 is 2.56 bits per heavy atom. The van der Waals surface area contributed by atoms with Gasteiger partial charge >= 0.3 is 5.97 Å². The summed E-state index contributed by atoms with van der Waals surface area (Å²) in [4.78, 5) is 12.2. The zero-order chi connectivity index (χ0) is 13.9. The van der Waals surface area contributed by atoms with Crippen molar-refractivity contribution in [3.05, 3.63) is 35.4 Å². The Hall–Kier alpha value is -1.53. The van der Waals surface area contributed by atoms with Gasteiger partial charge in [0.25, 0.3) is 0 Å². The van der Waals surface area contributed by atoms with Crippen molar-refractivity contribution in [3.63, 3.8) is 0 Å². The number of aliphatic carboxylic acids is 1. The first kappa shape index (κ1) is 14.5. The summed E-state index contributed by atoms with van der Waals surface area (Å²) in [6, 6.07) is 1.54. The molecular formula is C12H16F2N2O2. The molecule has 0 heterocycles. The molecule has 18 heavy (non-hydrogen) atoms. The van der Waals surface area contributed by atoms with Crippen LogP contribution in [0.5, 0.6) is 0 Å². The van der Waals surface area contributed by atoms with E-state index in [4.69, 9.17) is 10.8 Å². The third-order valence-electron chi connectivity index (χ3n) is 2.65. The number of carboxylic acids is 1. The van der Waals surface area contributed by atoms with Crippen molar-refractivity contribution in [1.29, 1.82) is 0 Å². The van der Waals surface area contributed by atoms with E-state index in [0.29, 0.717) is 0 Å². The molecule has 0 aliphatic heterocycles. The molecule has 2 atom stereocenters. The van der Waals surface area contributed by atoms with Crippen molar-refractivity contribution >= 4 is 5.97 Å². The maximum atomic E-state index is 13.7. The Balaban J connectivity index is 3.11. The number of likely N-dealkylation sites (N-methyl/N-ethyl adjacent to an activating group) is 1. The normalized spacial score (nSPS) is 14.6. The fourth-order valence-electron chi connectivity index (χ4n) is 1.95. The number of benzene rings is 1. The molecule has 1 aromatic rings. The van der Waals surface area contributed by atoms with Gasteiger partial charge in [-0.25, -0.2) is 8.78 Å². The van der Waals surface area contributed by atoms with Crippen LogP contribution in [0.2, 0.25) is 0 Å². The van der Waals surface area contributed by atoms with E-state index in [0.717, 1.165) is 18.2 Å². The van der Waals surface area contributed by atoms with Gasteiger partial charge in [0.05, 0.1) is 12.5 Å². The quantitative estimate of drug-likeness (QED) is 0.837. The van der Waals surface area contributed by atoms with Crippen LogP contribution in [0.1, 0.15) is 18.0 Å². The third-order valence-corrected chi connectivity index (χ3v) is 2.65. The summed E-state index contributed by atoms with van der Waals surface area (Å²) in [5.74, 6) is -2.26. The predicted octanol–water partition coefficient (Wildman–Crippen LogP) is 1.37. The minimum atomic E-state index is -1.08. The second-order valence-electron chi connectivity index (χ2n) is 4.34. The molecule has 0 bridgehead atoms. The van der Waals surface area contributed by atoms with Gasteiger partial charge in [0, 0.05) is 11.6 Å². The van der Waals surface area contributed by atoms with Crippen molar-refractivity contribution in [2.75, 3.05) is 14.1 Å². The highest BCUT2D eigenvalue weighted by atomic mass is 19.1. The summed E-state index contributed by atoms with van der Waals surface area (Å²) in [5.41, 5.74) is 5.82. The molecule has 4 nitrogen and oxygen atoms in total. The molecule has 0 aromatic heterocycles. The van der Waals surface area contributed by atoms with Gasteiger partial charge < -0.3 is 15.7 Å². The fraction of sp³-hybridized carbons (Fsp3) is 0.417. The van der Waals surface area contributed by atoms with Gasteiger partial charge in [0.1, 0.15) is 11.6 Å². The average molecular weight is 258 g/mol. The van der Waals surface area contributed by atoms with E-state index in [2.05, 4.69) is 0 Å². The van der Waals surface area contributed by atoms with Gasteiger partial charge in [0.15, 0.2) is 0 Å². The molecule has 0 saturated carbocycles. The van der Waals surface area contributed by atoms with E-state index in [1.165, 1.54) is 0 Å². The summed E-state index contributed by atoms with van der Waals surface area (Å²) in [6.45, 7) is 0. The number of hydrogen-bond acceptors (Lipinski definition) is 3. The largest absolute Gasteiger partial charge is 0.481 e. The lowest BCUT2D eigenvalue weighted by Gasteiger charge is -2.29. The van der Waals surface area contributed by atoms with Gasteiger partial charge in [-0.15, -0.1) is 0 Å². The van der Waals surface area contributed by atoms with Crippen LogP contribution in [-0.4, -0.2) is 36.1 Å². The van der Waals surface area contributed by atoms with Crippen molar-refractivity contribution in [2.45, 2.75) is 18.5 Å². The van der Waals surface area contributed by atoms with Crippen LogP contribution in [-0.2, 0) is 4.79 Å². The average Bonchev–Trinajstić information content (AvgIpc) is 2.21. The van der Waals surface area contributed by atoms with Gasteiger partial charge in [-0.1, -0.05) is 0 Å². The first-order valence-electron chi connectivity index (χ1n) is 5.41. The van der Waals surface area contributed by atoms with Crippen molar-refractivity contribution in [3.8, 4) is 0 Å². The Labute approximate surface area is 104 Å². The lowest BCUT2D eigenvalue weighted by atomic mass is 9.96. The molecule has 2 unspecified atom stereocenters. The number of nitrogens with zero attached hydrogens (tertiary/aromatic N) is 1. The Morgan fingerprint density at radius 2 is 2.06 bits per heavy atom. The molecule has 0 aliphatic rings. The van der Waals surface area contributed by atoms with Crippen LogP contribution in [0.25, 0.3) is 0 Å². The second-order valence-corrected chi connectivity index (χ2v) is 4.34. The maximum Gasteiger partial charge on any atom is 0.304 e. The first-order chi connectivity index (χ1) is 8.32. The van der Waals surface area contributed by atoms with Gasteiger partial charge in [-0.05, 0) is 32.3 Å². The number of hydrogen-bond donors (Lipinski definition) is 2. The SMILES string of the molecule is CN(C)C(c1cc(F)ccc1F)C(N)CC(=O)O. The summed E-state index contributed by atoms with van der Waals surface area (Å²) < 4.78 is 26.8. The first-order valence-corrected chi connectivity index (χ1v) is 5.41. The minimum absolute atomic E-state index is 0.0637. The molecule has 0 fully saturated rings. The van der Waals surface area contributed by atoms with Gasteiger partial charge in [-0.3, -0.25) is 4.79 Å². The maximum absolute atomic E-state index is 13.7. The zero-order valence-corrected chi connectivity index (χ0v) is 10.2. The third kappa shape index (κ3) is 3.48. The van der Waals surface area contributed by atoms with E-state index >= 15 is 0 Å². The molecule has 100 valence electrons. The Bertz CT molecular complexity index is 438. The summed E-state index contributed by atoms with van der Waals surface area (Å²) in [6.07, 6.45) is -0.321. The molecule has 3 N–H and O–H groups in total. The highest BCUT2D eigenvalue weighted by Gasteiger charge is 2.27. The van der Waals surface area contributed by atoms with E-state index in [1.54, 1.807) is 19.0 Å². The summed E-state index contributed by atoms with van der Waals surface area (Å²) >= 11 is 0. The van der Waals surface area contributed by atoms with Crippen molar-refractivity contribution in [2.24, 2.45) is 5.73 Å². The van der Waals surface area contributed by atoms with Crippen LogP contribution in [0.4, 0.5) is 8.78 Å². The van der Waals surface area contributed by atoms with Crippen molar-refractivity contribution < 1.29 is 18.7 Å². The Kier molecular flexibility index (Phi) is 4.75. The Morgan fingerprint density at radius 1 is 1.44 bits per heavy atom. The highest BCUT2D eigenvalue weighted by Crippen LogP contribution is 2.26. The fourth-order valence-corrected chi connectivity index (χ4v) is 1.95. The van der Waals surface area contributed by atoms with Gasteiger partial charge in [0.2, 0.25) is 0 Å². The van der Waals surface area contributed by atoms with E-state index < -0.39 is 29.7 Å². The standard InChI is InChI=1S/C12H16F2N2O2/c1-16(2)12(10(15)6-11(17)18)8-5-7(13)3-4-9(8)14/h3-5,10,12H,6,15H2,1-2H3,(H,17,18). The van der Waals surface area contributed by atoms with Crippen LogP contribution in [0.3, 0.4) is 0 Å². The molecule has 0 aliphatic carbocycles. The number of rotatable bonds is 5. The number of halogens is 2. The molecule has 6 heteroatoms. The van der Waals surface area contributed by atoms with Crippen molar-refractivity contribution in [1.82, 2.24) is 4.90 Å². The molecule has 1 aromatic carbocycles. The molecule has 0 saturated heterocycles. The molecular weight excluding hydrogens is 242 g/mol.